The Morgan fingerprint density at radius 2 is 1.75 bits per heavy atom. The quantitative estimate of drug-likeness (QED) is 0.675. The van der Waals surface area contributed by atoms with Gasteiger partial charge < -0.3 is 9.64 Å². The summed E-state index contributed by atoms with van der Waals surface area (Å²) < 4.78 is 7.75. The summed E-state index contributed by atoms with van der Waals surface area (Å²) in [4.78, 5) is 2.08. The average molecular weight is 342 g/mol. The molecule has 0 bridgehead atoms. The molecule has 0 radical (unpaired) electrons. The molecular formula is C19H20ClN3O. The lowest BCUT2D eigenvalue weighted by molar-refractivity contribution is 0.253. The van der Waals surface area contributed by atoms with E-state index in [1.54, 1.807) is 0 Å². The van der Waals surface area contributed by atoms with Crippen molar-refractivity contribution in [1.29, 1.82) is 0 Å². The van der Waals surface area contributed by atoms with Crippen LogP contribution >= 0.6 is 11.6 Å². The van der Waals surface area contributed by atoms with Crippen molar-refractivity contribution in [2.24, 2.45) is 0 Å². The van der Waals surface area contributed by atoms with Gasteiger partial charge >= 0.3 is 0 Å². The highest BCUT2D eigenvalue weighted by atomic mass is 35.5. The van der Waals surface area contributed by atoms with E-state index in [-0.39, 0.29) is 0 Å². The van der Waals surface area contributed by atoms with Crippen LogP contribution in [-0.4, -0.2) is 41.9 Å². The maximum absolute atomic E-state index is 5.97. The van der Waals surface area contributed by atoms with E-state index in [1.807, 2.05) is 67.4 Å². The standard InChI is InChI=1S/C19H20ClN3O/c1-22(2)12-13-24-19-18(15-6-4-3-5-7-15)14-23(21-19)17-10-8-16(20)9-11-17/h3-11,14H,12-13H2,1-2H3. The van der Waals surface area contributed by atoms with Crippen LogP contribution in [0.2, 0.25) is 5.02 Å². The minimum atomic E-state index is 0.588. The molecule has 5 heteroatoms. The third kappa shape index (κ3) is 3.96. The van der Waals surface area contributed by atoms with E-state index < -0.39 is 0 Å². The van der Waals surface area contributed by atoms with Crippen LogP contribution in [0.25, 0.3) is 16.8 Å². The molecule has 0 unspecified atom stereocenters. The first-order valence-corrected chi connectivity index (χ1v) is 8.20. The predicted molar refractivity (Wildman–Crippen MR) is 98.1 cm³/mol. The molecule has 0 atom stereocenters. The fraction of sp³-hybridized carbons (Fsp3) is 0.211. The number of hydrogen-bond acceptors (Lipinski definition) is 3. The molecule has 0 saturated heterocycles. The third-order valence-electron chi connectivity index (χ3n) is 3.63. The van der Waals surface area contributed by atoms with Crippen molar-refractivity contribution in [3.05, 3.63) is 65.8 Å². The molecule has 4 nitrogen and oxygen atoms in total. The molecule has 0 aliphatic carbocycles. The Hall–Kier alpha value is -2.30. The maximum Gasteiger partial charge on any atom is 0.241 e. The van der Waals surface area contributed by atoms with Crippen LogP contribution in [-0.2, 0) is 0 Å². The number of likely N-dealkylation sites (N-methyl/N-ethyl adjacent to an activating group) is 1. The summed E-state index contributed by atoms with van der Waals surface area (Å²) in [6.07, 6.45) is 1.99. The van der Waals surface area contributed by atoms with Crippen LogP contribution in [0.5, 0.6) is 5.88 Å². The van der Waals surface area contributed by atoms with E-state index in [2.05, 4.69) is 22.1 Å². The van der Waals surface area contributed by atoms with E-state index in [9.17, 15) is 0 Å². The predicted octanol–water partition coefficient (Wildman–Crippen LogP) is 4.13. The Bertz CT molecular complexity index is 782. The maximum atomic E-state index is 5.97. The molecular weight excluding hydrogens is 322 g/mol. The first-order chi connectivity index (χ1) is 11.6. The second-order valence-corrected chi connectivity index (χ2v) is 6.22. The van der Waals surface area contributed by atoms with Gasteiger partial charge in [-0.2, -0.15) is 0 Å². The molecule has 3 aromatic rings. The summed E-state index contributed by atoms with van der Waals surface area (Å²) in [6, 6.07) is 17.7. The second kappa shape index (κ2) is 7.51. The molecule has 1 aromatic heterocycles. The largest absolute Gasteiger partial charge is 0.475 e. The molecule has 0 N–H and O–H groups in total. The summed E-state index contributed by atoms with van der Waals surface area (Å²) >= 11 is 5.97. The van der Waals surface area contributed by atoms with Gasteiger partial charge in [0.25, 0.3) is 0 Å². The topological polar surface area (TPSA) is 30.3 Å². The van der Waals surface area contributed by atoms with Crippen LogP contribution in [0.4, 0.5) is 0 Å². The summed E-state index contributed by atoms with van der Waals surface area (Å²) in [5.41, 5.74) is 3.00. The summed E-state index contributed by atoms with van der Waals surface area (Å²) in [7, 11) is 4.04. The molecule has 0 fully saturated rings. The lowest BCUT2D eigenvalue weighted by Crippen LogP contribution is -2.19. The number of rotatable bonds is 6. The molecule has 0 aliphatic rings. The first-order valence-electron chi connectivity index (χ1n) is 7.82. The van der Waals surface area contributed by atoms with Gasteiger partial charge in [0.1, 0.15) is 6.61 Å². The molecule has 1 heterocycles. The lowest BCUT2D eigenvalue weighted by atomic mass is 10.1. The van der Waals surface area contributed by atoms with Gasteiger partial charge in [-0.3, -0.25) is 0 Å². The van der Waals surface area contributed by atoms with Crippen molar-refractivity contribution >= 4 is 11.6 Å². The van der Waals surface area contributed by atoms with Gasteiger partial charge in [0, 0.05) is 17.8 Å². The minimum absolute atomic E-state index is 0.588. The number of hydrogen-bond donors (Lipinski definition) is 0. The average Bonchev–Trinajstić information content (AvgIpc) is 3.00. The lowest BCUT2D eigenvalue weighted by Gasteiger charge is -2.10. The Morgan fingerprint density at radius 1 is 1.04 bits per heavy atom. The molecule has 0 saturated carbocycles. The van der Waals surface area contributed by atoms with Gasteiger partial charge in [0.15, 0.2) is 0 Å². The SMILES string of the molecule is CN(C)CCOc1nn(-c2ccc(Cl)cc2)cc1-c1ccccc1. The van der Waals surface area contributed by atoms with E-state index in [4.69, 9.17) is 16.3 Å². The van der Waals surface area contributed by atoms with E-state index in [0.717, 1.165) is 23.4 Å². The van der Waals surface area contributed by atoms with Crippen molar-refractivity contribution in [3.8, 4) is 22.7 Å². The fourth-order valence-electron chi connectivity index (χ4n) is 2.33. The van der Waals surface area contributed by atoms with Crippen LogP contribution < -0.4 is 4.74 Å². The molecule has 24 heavy (non-hydrogen) atoms. The summed E-state index contributed by atoms with van der Waals surface area (Å²) in [5.74, 6) is 0.637. The Balaban J connectivity index is 1.94. The number of ether oxygens (including phenoxy) is 1. The van der Waals surface area contributed by atoms with Gasteiger partial charge in [0.2, 0.25) is 5.88 Å². The Labute approximate surface area is 147 Å². The molecule has 0 amide bonds. The Kier molecular flexibility index (Phi) is 5.18. The van der Waals surface area contributed by atoms with Crippen molar-refractivity contribution in [1.82, 2.24) is 14.7 Å². The monoisotopic (exact) mass is 341 g/mol. The highest BCUT2D eigenvalue weighted by molar-refractivity contribution is 6.30. The van der Waals surface area contributed by atoms with Gasteiger partial charge in [-0.15, -0.1) is 5.10 Å². The zero-order valence-corrected chi connectivity index (χ0v) is 14.6. The van der Waals surface area contributed by atoms with Gasteiger partial charge in [-0.1, -0.05) is 41.9 Å². The van der Waals surface area contributed by atoms with E-state index >= 15 is 0 Å². The van der Waals surface area contributed by atoms with Crippen LogP contribution in [0, 0.1) is 0 Å². The molecule has 3 rings (SSSR count). The van der Waals surface area contributed by atoms with Crippen LogP contribution in [0.15, 0.2) is 60.8 Å². The first kappa shape index (κ1) is 16.6. The summed E-state index contributed by atoms with van der Waals surface area (Å²) in [6.45, 7) is 1.42. The van der Waals surface area contributed by atoms with Crippen molar-refractivity contribution < 1.29 is 4.74 Å². The number of benzene rings is 2. The summed E-state index contributed by atoms with van der Waals surface area (Å²) in [5, 5.41) is 5.32. The molecule has 124 valence electrons. The Morgan fingerprint density at radius 3 is 2.42 bits per heavy atom. The number of aromatic nitrogens is 2. The fourth-order valence-corrected chi connectivity index (χ4v) is 2.46. The molecule has 0 spiro atoms. The highest BCUT2D eigenvalue weighted by Crippen LogP contribution is 2.30. The molecule has 2 aromatic carbocycles. The zero-order chi connectivity index (χ0) is 16.9. The van der Waals surface area contributed by atoms with Gasteiger partial charge in [-0.25, -0.2) is 4.68 Å². The minimum Gasteiger partial charge on any atom is -0.475 e. The van der Waals surface area contributed by atoms with Gasteiger partial charge in [-0.05, 0) is 43.9 Å². The van der Waals surface area contributed by atoms with E-state index in [1.165, 1.54) is 0 Å². The van der Waals surface area contributed by atoms with Gasteiger partial charge in [0.05, 0.1) is 11.3 Å². The van der Waals surface area contributed by atoms with Crippen molar-refractivity contribution in [3.63, 3.8) is 0 Å². The van der Waals surface area contributed by atoms with E-state index in [0.29, 0.717) is 17.5 Å². The van der Waals surface area contributed by atoms with Crippen molar-refractivity contribution in [2.45, 2.75) is 0 Å². The van der Waals surface area contributed by atoms with Crippen LogP contribution in [0.3, 0.4) is 0 Å². The normalized spacial score (nSPS) is 11.0. The zero-order valence-electron chi connectivity index (χ0n) is 13.8. The molecule has 0 aliphatic heterocycles. The van der Waals surface area contributed by atoms with Crippen molar-refractivity contribution in [2.75, 3.05) is 27.2 Å². The smallest absolute Gasteiger partial charge is 0.241 e. The number of halogens is 1. The second-order valence-electron chi connectivity index (χ2n) is 5.79. The third-order valence-corrected chi connectivity index (χ3v) is 3.89. The highest BCUT2D eigenvalue weighted by Gasteiger charge is 2.13. The number of nitrogens with zero attached hydrogens (tertiary/aromatic N) is 3. The van der Waals surface area contributed by atoms with Crippen LogP contribution in [0.1, 0.15) is 0 Å².